The van der Waals surface area contributed by atoms with Crippen molar-refractivity contribution in [1.82, 2.24) is 10.6 Å². The van der Waals surface area contributed by atoms with Crippen molar-refractivity contribution in [3.63, 3.8) is 0 Å². The Morgan fingerprint density at radius 3 is 2.70 bits per heavy atom. The maximum atomic E-state index is 12.3. The first-order valence-electron chi connectivity index (χ1n) is 7.45. The predicted octanol–water partition coefficient (Wildman–Crippen LogP) is 0.371. The first-order valence-corrected chi connectivity index (χ1v) is 7.45. The minimum Gasteiger partial charge on any atom is -0.481 e. The second-order valence-corrected chi connectivity index (χ2v) is 5.75. The average molecular weight is 284 g/mol. The van der Waals surface area contributed by atoms with Gasteiger partial charge in [-0.3, -0.25) is 9.59 Å². The van der Waals surface area contributed by atoms with E-state index in [0.717, 1.165) is 25.8 Å². The average Bonchev–Trinajstić information content (AvgIpc) is 3.13. The summed E-state index contributed by atoms with van der Waals surface area (Å²) in [4.78, 5) is 23.2. The number of carboxylic acid groups (broad SMARTS) is 1. The topological polar surface area (TPSA) is 87.7 Å². The second-order valence-electron chi connectivity index (χ2n) is 5.75. The van der Waals surface area contributed by atoms with Crippen LogP contribution in [0.4, 0.5) is 0 Å². The molecule has 1 amide bonds. The van der Waals surface area contributed by atoms with Crippen LogP contribution >= 0.6 is 0 Å². The van der Waals surface area contributed by atoms with Gasteiger partial charge in [0.1, 0.15) is 0 Å². The lowest BCUT2D eigenvalue weighted by atomic mass is 10.0. The second kappa shape index (κ2) is 7.04. The van der Waals surface area contributed by atoms with E-state index in [9.17, 15) is 9.59 Å². The van der Waals surface area contributed by atoms with Crippen LogP contribution in [0.1, 0.15) is 32.6 Å². The van der Waals surface area contributed by atoms with E-state index in [1.165, 1.54) is 0 Å². The lowest BCUT2D eigenvalue weighted by molar-refractivity contribution is -0.138. The van der Waals surface area contributed by atoms with E-state index >= 15 is 0 Å². The fourth-order valence-corrected chi connectivity index (χ4v) is 2.66. The van der Waals surface area contributed by atoms with Crippen LogP contribution in [0.15, 0.2) is 0 Å². The molecule has 0 bridgehead atoms. The summed E-state index contributed by atoms with van der Waals surface area (Å²) in [5.74, 6) is -0.809. The number of hydrogen-bond donors (Lipinski definition) is 3. The van der Waals surface area contributed by atoms with Crippen LogP contribution < -0.4 is 10.6 Å². The molecule has 6 heteroatoms. The van der Waals surface area contributed by atoms with Crippen LogP contribution in [-0.2, 0) is 14.3 Å². The molecule has 1 saturated heterocycles. The van der Waals surface area contributed by atoms with Gasteiger partial charge in [0, 0.05) is 12.1 Å². The number of carboxylic acids is 1. The van der Waals surface area contributed by atoms with E-state index in [1.807, 2.05) is 0 Å². The van der Waals surface area contributed by atoms with Gasteiger partial charge in [-0.25, -0.2) is 0 Å². The monoisotopic (exact) mass is 284 g/mol. The Balaban J connectivity index is 1.86. The fraction of sp³-hybridized carbons (Fsp3) is 0.857. The Kier molecular flexibility index (Phi) is 5.37. The third-order valence-corrected chi connectivity index (χ3v) is 3.99. The van der Waals surface area contributed by atoms with Gasteiger partial charge >= 0.3 is 5.97 Å². The van der Waals surface area contributed by atoms with Gasteiger partial charge in [0.2, 0.25) is 5.91 Å². The number of carbonyl (C=O) groups excluding carboxylic acids is 1. The summed E-state index contributed by atoms with van der Waals surface area (Å²) >= 11 is 0. The van der Waals surface area contributed by atoms with Crippen LogP contribution in [0.2, 0.25) is 0 Å². The van der Waals surface area contributed by atoms with Gasteiger partial charge < -0.3 is 20.5 Å². The highest BCUT2D eigenvalue weighted by Gasteiger charge is 2.38. The number of nitrogens with one attached hydrogen (secondary N) is 2. The molecule has 1 heterocycles. The zero-order chi connectivity index (χ0) is 14.5. The van der Waals surface area contributed by atoms with E-state index in [1.54, 1.807) is 0 Å². The Hall–Kier alpha value is -1.14. The minimum atomic E-state index is -0.856. The fourth-order valence-electron chi connectivity index (χ4n) is 2.66. The van der Waals surface area contributed by atoms with Crippen molar-refractivity contribution in [3.05, 3.63) is 0 Å². The summed E-state index contributed by atoms with van der Waals surface area (Å²) in [7, 11) is 0. The van der Waals surface area contributed by atoms with Gasteiger partial charge in [-0.15, -0.1) is 0 Å². The van der Waals surface area contributed by atoms with Crippen molar-refractivity contribution in [2.24, 2.45) is 11.8 Å². The number of carbonyl (C=O) groups is 2. The van der Waals surface area contributed by atoms with Crippen molar-refractivity contribution in [2.75, 3.05) is 19.8 Å². The molecular formula is C14H24N2O4. The Morgan fingerprint density at radius 1 is 1.35 bits per heavy atom. The van der Waals surface area contributed by atoms with E-state index in [-0.39, 0.29) is 30.3 Å². The lowest BCUT2D eigenvalue weighted by Crippen LogP contribution is -2.48. The van der Waals surface area contributed by atoms with Gasteiger partial charge in [0.25, 0.3) is 0 Å². The molecular weight excluding hydrogens is 260 g/mol. The molecule has 114 valence electrons. The molecule has 1 aliphatic carbocycles. The van der Waals surface area contributed by atoms with Crippen molar-refractivity contribution in [2.45, 2.75) is 44.7 Å². The zero-order valence-corrected chi connectivity index (χ0v) is 11.9. The van der Waals surface area contributed by atoms with E-state index in [2.05, 4.69) is 17.6 Å². The van der Waals surface area contributed by atoms with E-state index < -0.39 is 5.97 Å². The Bertz CT molecular complexity index is 357. The molecule has 2 aliphatic rings. The zero-order valence-electron chi connectivity index (χ0n) is 11.9. The molecule has 2 rings (SSSR count). The highest BCUT2D eigenvalue weighted by molar-refractivity contribution is 5.81. The summed E-state index contributed by atoms with van der Waals surface area (Å²) in [6, 6.07) is -0.188. The van der Waals surface area contributed by atoms with Gasteiger partial charge in [-0.05, 0) is 31.7 Å². The van der Waals surface area contributed by atoms with E-state index in [4.69, 9.17) is 9.84 Å². The molecule has 3 atom stereocenters. The normalized spacial score (nSPS) is 27.2. The van der Waals surface area contributed by atoms with Gasteiger partial charge in [-0.2, -0.15) is 0 Å². The SMILES string of the molecule is CCCNC1COCC1C(=O)NC(CC(=O)O)C1CC1. The predicted molar refractivity (Wildman–Crippen MR) is 73.3 cm³/mol. The van der Waals surface area contributed by atoms with Crippen molar-refractivity contribution in [3.8, 4) is 0 Å². The van der Waals surface area contributed by atoms with Crippen molar-refractivity contribution < 1.29 is 19.4 Å². The number of rotatable bonds is 8. The summed E-state index contributed by atoms with van der Waals surface area (Å²) in [5.41, 5.74) is 0. The number of amides is 1. The summed E-state index contributed by atoms with van der Waals surface area (Å²) < 4.78 is 5.39. The molecule has 0 aromatic rings. The van der Waals surface area contributed by atoms with Crippen molar-refractivity contribution in [1.29, 1.82) is 0 Å². The third kappa shape index (κ3) is 4.18. The molecule has 0 spiro atoms. The van der Waals surface area contributed by atoms with Crippen LogP contribution in [-0.4, -0.2) is 48.8 Å². The molecule has 0 aromatic heterocycles. The molecule has 6 nitrogen and oxygen atoms in total. The first kappa shape index (κ1) is 15.3. The van der Waals surface area contributed by atoms with Crippen molar-refractivity contribution >= 4 is 11.9 Å². The highest BCUT2D eigenvalue weighted by atomic mass is 16.5. The first-order chi connectivity index (χ1) is 9.61. The highest BCUT2D eigenvalue weighted by Crippen LogP contribution is 2.34. The van der Waals surface area contributed by atoms with Gasteiger partial charge in [0.15, 0.2) is 0 Å². The maximum absolute atomic E-state index is 12.3. The van der Waals surface area contributed by atoms with Crippen LogP contribution in [0.25, 0.3) is 0 Å². The molecule has 1 saturated carbocycles. The number of hydrogen-bond acceptors (Lipinski definition) is 4. The molecule has 0 aromatic carbocycles. The summed E-state index contributed by atoms with van der Waals surface area (Å²) in [5, 5.41) is 15.2. The Morgan fingerprint density at radius 2 is 2.10 bits per heavy atom. The molecule has 3 unspecified atom stereocenters. The van der Waals surface area contributed by atoms with Crippen LogP contribution in [0.3, 0.4) is 0 Å². The molecule has 3 N–H and O–H groups in total. The molecule has 0 radical (unpaired) electrons. The largest absolute Gasteiger partial charge is 0.481 e. The third-order valence-electron chi connectivity index (χ3n) is 3.99. The summed E-state index contributed by atoms with van der Waals surface area (Å²) in [6.07, 6.45) is 3.04. The minimum absolute atomic E-state index is 0.0110. The molecule has 20 heavy (non-hydrogen) atoms. The molecule has 1 aliphatic heterocycles. The smallest absolute Gasteiger partial charge is 0.305 e. The Labute approximate surface area is 119 Å². The van der Waals surface area contributed by atoms with Crippen LogP contribution in [0, 0.1) is 11.8 Å². The maximum Gasteiger partial charge on any atom is 0.305 e. The van der Waals surface area contributed by atoms with E-state index in [0.29, 0.717) is 19.1 Å². The quantitative estimate of drug-likeness (QED) is 0.599. The number of aliphatic carboxylic acids is 1. The lowest BCUT2D eigenvalue weighted by Gasteiger charge is -2.22. The number of ether oxygens (including phenoxy) is 1. The van der Waals surface area contributed by atoms with Gasteiger partial charge in [0.05, 0.1) is 25.6 Å². The summed E-state index contributed by atoms with van der Waals surface area (Å²) in [6.45, 7) is 3.90. The van der Waals surface area contributed by atoms with Crippen LogP contribution in [0.5, 0.6) is 0 Å². The molecule has 2 fully saturated rings. The standard InChI is InChI=1S/C14H24N2O4/c1-2-5-15-12-8-20-7-10(12)14(19)16-11(6-13(17)18)9-3-4-9/h9-12,15H,2-8H2,1H3,(H,16,19)(H,17,18). The van der Waals surface area contributed by atoms with Gasteiger partial charge in [-0.1, -0.05) is 6.92 Å².